The fraction of sp³-hybridized carbons (Fsp3) is 0.357. The monoisotopic (exact) mass is 306 g/mol. The molecule has 6 nitrogen and oxygen atoms in total. The second-order valence-corrected chi connectivity index (χ2v) is 5.81. The molecule has 1 saturated carbocycles. The van der Waals surface area contributed by atoms with Crippen molar-refractivity contribution in [1.29, 1.82) is 0 Å². The van der Waals surface area contributed by atoms with Gasteiger partial charge in [-0.05, 0) is 25.0 Å². The Kier molecular flexibility index (Phi) is 3.83. The molecule has 0 unspecified atom stereocenters. The fourth-order valence-corrected chi connectivity index (χ4v) is 2.80. The van der Waals surface area contributed by atoms with Crippen molar-refractivity contribution < 1.29 is 19.1 Å². The van der Waals surface area contributed by atoms with E-state index in [4.69, 9.17) is 9.52 Å². The highest BCUT2D eigenvalue weighted by molar-refractivity contribution is 7.99. The van der Waals surface area contributed by atoms with E-state index in [0.29, 0.717) is 10.8 Å². The number of amides is 1. The molecule has 0 radical (unpaired) electrons. The van der Waals surface area contributed by atoms with Crippen LogP contribution in [0.3, 0.4) is 0 Å². The normalized spacial score (nSPS) is 14.3. The number of hydrogen-bond donors (Lipinski definition) is 1. The molecule has 1 N–H and O–H groups in total. The van der Waals surface area contributed by atoms with Gasteiger partial charge in [0.2, 0.25) is 5.91 Å². The van der Waals surface area contributed by atoms with Gasteiger partial charge in [-0.2, -0.15) is 0 Å². The highest BCUT2D eigenvalue weighted by Gasteiger charge is 2.33. The Labute approximate surface area is 125 Å². The number of para-hydroxylation sites is 2. The van der Waals surface area contributed by atoms with Crippen LogP contribution in [0.25, 0.3) is 11.1 Å². The zero-order chi connectivity index (χ0) is 14.8. The van der Waals surface area contributed by atoms with Crippen LogP contribution in [0.4, 0.5) is 0 Å². The van der Waals surface area contributed by atoms with Gasteiger partial charge in [-0.15, -0.1) is 0 Å². The van der Waals surface area contributed by atoms with Gasteiger partial charge in [-0.25, -0.2) is 4.98 Å². The van der Waals surface area contributed by atoms with E-state index in [9.17, 15) is 9.59 Å². The number of aromatic nitrogens is 1. The SMILES string of the molecule is O=C(O)CN(C(=O)CSc1nc2ccccc2o1)C1CC1. The van der Waals surface area contributed by atoms with Crippen molar-refractivity contribution in [3.63, 3.8) is 0 Å². The van der Waals surface area contributed by atoms with E-state index in [2.05, 4.69) is 4.98 Å². The Morgan fingerprint density at radius 2 is 2.14 bits per heavy atom. The average molecular weight is 306 g/mol. The molecule has 1 aromatic carbocycles. The number of carbonyl (C=O) groups excluding carboxylic acids is 1. The van der Waals surface area contributed by atoms with Gasteiger partial charge in [0.05, 0.1) is 5.75 Å². The molecule has 2 aromatic rings. The number of nitrogens with zero attached hydrogens (tertiary/aromatic N) is 2. The maximum Gasteiger partial charge on any atom is 0.323 e. The molecule has 1 aliphatic rings. The summed E-state index contributed by atoms with van der Waals surface area (Å²) in [5, 5.41) is 9.28. The van der Waals surface area contributed by atoms with Crippen molar-refractivity contribution in [3.8, 4) is 0 Å². The highest BCUT2D eigenvalue weighted by atomic mass is 32.2. The summed E-state index contributed by atoms with van der Waals surface area (Å²) in [5.41, 5.74) is 1.43. The van der Waals surface area contributed by atoms with E-state index in [1.165, 1.54) is 16.7 Å². The molecule has 0 bridgehead atoms. The van der Waals surface area contributed by atoms with E-state index in [0.717, 1.165) is 18.4 Å². The Bertz CT molecular complexity index is 647. The van der Waals surface area contributed by atoms with Crippen LogP contribution in [0.5, 0.6) is 0 Å². The maximum atomic E-state index is 12.1. The molecule has 0 aliphatic heterocycles. The summed E-state index contributed by atoms with van der Waals surface area (Å²) < 4.78 is 5.52. The predicted molar refractivity (Wildman–Crippen MR) is 77.1 cm³/mol. The fourth-order valence-electron chi connectivity index (χ4n) is 2.07. The number of rotatable bonds is 6. The molecular formula is C14H14N2O4S. The summed E-state index contributed by atoms with van der Waals surface area (Å²) in [6.07, 6.45) is 1.76. The minimum absolute atomic E-state index is 0.0813. The van der Waals surface area contributed by atoms with Gasteiger partial charge >= 0.3 is 5.97 Å². The third kappa shape index (κ3) is 3.36. The van der Waals surface area contributed by atoms with Crippen LogP contribution in [0.15, 0.2) is 33.9 Å². The van der Waals surface area contributed by atoms with Gasteiger partial charge in [0, 0.05) is 6.04 Å². The topological polar surface area (TPSA) is 83.6 Å². The lowest BCUT2D eigenvalue weighted by Crippen LogP contribution is -2.38. The number of oxazole rings is 1. The van der Waals surface area contributed by atoms with Crippen LogP contribution in [0.2, 0.25) is 0 Å². The zero-order valence-corrected chi connectivity index (χ0v) is 12.0. The Hall–Kier alpha value is -2.02. The number of carboxylic acid groups (broad SMARTS) is 1. The Morgan fingerprint density at radius 3 is 2.81 bits per heavy atom. The van der Waals surface area contributed by atoms with Crippen molar-refractivity contribution >= 4 is 34.7 Å². The van der Waals surface area contributed by atoms with E-state index < -0.39 is 5.97 Å². The lowest BCUT2D eigenvalue weighted by Gasteiger charge is -2.19. The molecule has 7 heteroatoms. The molecule has 0 atom stereocenters. The Morgan fingerprint density at radius 1 is 1.38 bits per heavy atom. The van der Waals surface area contributed by atoms with Crippen LogP contribution in [-0.2, 0) is 9.59 Å². The van der Waals surface area contributed by atoms with Crippen LogP contribution in [0.1, 0.15) is 12.8 Å². The molecule has 110 valence electrons. The molecule has 1 heterocycles. The minimum Gasteiger partial charge on any atom is -0.480 e. The number of carboxylic acids is 1. The van der Waals surface area contributed by atoms with Crippen molar-refractivity contribution in [2.45, 2.75) is 24.1 Å². The molecule has 1 amide bonds. The number of aliphatic carboxylic acids is 1. The van der Waals surface area contributed by atoms with Crippen LogP contribution >= 0.6 is 11.8 Å². The lowest BCUT2D eigenvalue weighted by molar-refractivity contribution is -0.143. The second kappa shape index (κ2) is 5.77. The molecule has 3 rings (SSSR count). The number of thioether (sulfide) groups is 1. The van der Waals surface area contributed by atoms with E-state index in [-0.39, 0.29) is 24.2 Å². The quantitative estimate of drug-likeness (QED) is 0.822. The van der Waals surface area contributed by atoms with E-state index >= 15 is 0 Å². The third-order valence-corrected chi connectivity index (χ3v) is 4.02. The summed E-state index contributed by atoms with van der Waals surface area (Å²) in [6, 6.07) is 7.46. The lowest BCUT2D eigenvalue weighted by atomic mass is 10.3. The molecule has 0 saturated heterocycles. The van der Waals surface area contributed by atoms with E-state index in [1.54, 1.807) is 0 Å². The van der Waals surface area contributed by atoms with Crippen LogP contribution in [-0.4, -0.2) is 45.2 Å². The number of hydrogen-bond acceptors (Lipinski definition) is 5. The van der Waals surface area contributed by atoms with Gasteiger partial charge in [0.1, 0.15) is 12.1 Å². The molecule has 1 aliphatic carbocycles. The maximum absolute atomic E-state index is 12.1. The van der Waals surface area contributed by atoms with Crippen molar-refractivity contribution in [2.75, 3.05) is 12.3 Å². The number of carbonyl (C=O) groups is 2. The van der Waals surface area contributed by atoms with Crippen LogP contribution in [0, 0.1) is 0 Å². The van der Waals surface area contributed by atoms with Gasteiger partial charge in [-0.1, -0.05) is 23.9 Å². The molecule has 0 spiro atoms. The third-order valence-electron chi connectivity index (χ3n) is 3.21. The predicted octanol–water partition coefficient (Wildman–Crippen LogP) is 2.00. The van der Waals surface area contributed by atoms with Gasteiger partial charge in [-0.3, -0.25) is 9.59 Å². The second-order valence-electron chi connectivity index (χ2n) is 4.88. The molecule has 1 fully saturated rings. The zero-order valence-electron chi connectivity index (χ0n) is 11.2. The van der Waals surface area contributed by atoms with E-state index in [1.807, 2.05) is 24.3 Å². The van der Waals surface area contributed by atoms with Crippen LogP contribution < -0.4 is 0 Å². The van der Waals surface area contributed by atoms with Gasteiger partial charge < -0.3 is 14.4 Å². The molecular weight excluding hydrogens is 292 g/mol. The average Bonchev–Trinajstić information content (AvgIpc) is 3.21. The molecule has 21 heavy (non-hydrogen) atoms. The summed E-state index contributed by atoms with van der Waals surface area (Å²) in [5.74, 6) is -1.04. The number of benzene rings is 1. The van der Waals surface area contributed by atoms with Gasteiger partial charge in [0.15, 0.2) is 5.58 Å². The first-order valence-corrected chi connectivity index (χ1v) is 7.61. The van der Waals surface area contributed by atoms with Crippen molar-refractivity contribution in [3.05, 3.63) is 24.3 Å². The minimum atomic E-state index is -0.984. The first-order chi connectivity index (χ1) is 10.1. The standard InChI is InChI=1S/C14H14N2O4S/c17-12(16(7-13(18)19)9-5-6-9)8-21-14-15-10-3-1-2-4-11(10)20-14/h1-4,9H,5-8H2,(H,18,19). The summed E-state index contributed by atoms with van der Waals surface area (Å²) >= 11 is 1.19. The molecule has 1 aromatic heterocycles. The number of fused-ring (bicyclic) bond motifs is 1. The highest BCUT2D eigenvalue weighted by Crippen LogP contribution is 2.28. The largest absolute Gasteiger partial charge is 0.480 e. The Balaban J connectivity index is 1.62. The first-order valence-electron chi connectivity index (χ1n) is 6.63. The summed E-state index contributed by atoms with van der Waals surface area (Å²) in [7, 11) is 0. The smallest absolute Gasteiger partial charge is 0.323 e. The summed E-state index contributed by atoms with van der Waals surface area (Å²) in [4.78, 5) is 28.6. The van der Waals surface area contributed by atoms with Crippen molar-refractivity contribution in [1.82, 2.24) is 9.88 Å². The summed E-state index contributed by atoms with van der Waals surface area (Å²) in [6.45, 7) is -0.238. The van der Waals surface area contributed by atoms with Crippen molar-refractivity contribution in [2.24, 2.45) is 0 Å². The first kappa shape index (κ1) is 13.9. The van der Waals surface area contributed by atoms with Gasteiger partial charge in [0.25, 0.3) is 5.22 Å².